The number of rotatable bonds is 3. The van der Waals surface area contributed by atoms with Crippen LogP contribution < -0.4 is 5.32 Å². The number of aromatic hydroxyl groups is 1. The summed E-state index contributed by atoms with van der Waals surface area (Å²) in [6.45, 7) is 0.748. The molecule has 0 aliphatic carbocycles. The highest BCUT2D eigenvalue weighted by molar-refractivity contribution is 6.03. The number of anilines is 1. The highest BCUT2D eigenvalue weighted by Gasteiger charge is 2.28. The minimum atomic E-state index is -0.274. The molecule has 1 unspecified atom stereocenters. The zero-order valence-electron chi connectivity index (χ0n) is 13.5. The van der Waals surface area contributed by atoms with E-state index in [9.17, 15) is 9.90 Å². The summed E-state index contributed by atoms with van der Waals surface area (Å²) in [5, 5.41) is 17.3. The SMILES string of the molecule is O=C(Nc1nc2n(n1)CCCC2c1ccccc1O)c1ccncc1. The number of para-hydroxylation sites is 1. The summed E-state index contributed by atoms with van der Waals surface area (Å²) in [4.78, 5) is 20.7. The second-order valence-electron chi connectivity index (χ2n) is 5.96. The molecule has 126 valence electrons. The number of pyridine rings is 1. The quantitative estimate of drug-likeness (QED) is 0.767. The number of carbonyl (C=O) groups excluding carboxylic acids is 1. The molecular weight excluding hydrogens is 318 g/mol. The zero-order valence-corrected chi connectivity index (χ0v) is 13.5. The fraction of sp³-hybridized carbons (Fsp3) is 0.222. The van der Waals surface area contributed by atoms with E-state index in [0.717, 1.165) is 30.8 Å². The lowest BCUT2D eigenvalue weighted by molar-refractivity contribution is 0.102. The molecule has 0 bridgehead atoms. The van der Waals surface area contributed by atoms with E-state index in [4.69, 9.17) is 0 Å². The first-order valence-electron chi connectivity index (χ1n) is 8.16. The minimum Gasteiger partial charge on any atom is -0.508 e. The minimum absolute atomic E-state index is 0.0333. The largest absolute Gasteiger partial charge is 0.508 e. The fourth-order valence-electron chi connectivity index (χ4n) is 3.16. The second-order valence-corrected chi connectivity index (χ2v) is 5.96. The lowest BCUT2D eigenvalue weighted by Gasteiger charge is -2.22. The zero-order chi connectivity index (χ0) is 17.2. The van der Waals surface area contributed by atoms with Crippen LogP contribution in [0.2, 0.25) is 0 Å². The molecule has 1 aliphatic rings. The molecule has 0 radical (unpaired) electrons. The summed E-state index contributed by atoms with van der Waals surface area (Å²) in [6, 6.07) is 10.5. The number of nitrogens with zero attached hydrogens (tertiary/aromatic N) is 4. The van der Waals surface area contributed by atoms with Gasteiger partial charge >= 0.3 is 0 Å². The van der Waals surface area contributed by atoms with Crippen LogP contribution in [0.5, 0.6) is 5.75 Å². The molecule has 0 spiro atoms. The van der Waals surface area contributed by atoms with Crippen LogP contribution in [-0.2, 0) is 6.54 Å². The summed E-state index contributed by atoms with van der Waals surface area (Å²) >= 11 is 0. The van der Waals surface area contributed by atoms with Crippen LogP contribution >= 0.6 is 0 Å². The van der Waals surface area contributed by atoms with Gasteiger partial charge in [0.05, 0.1) is 0 Å². The van der Waals surface area contributed by atoms with Gasteiger partial charge in [0.2, 0.25) is 5.95 Å². The monoisotopic (exact) mass is 335 g/mol. The average Bonchev–Trinajstić information content (AvgIpc) is 3.05. The predicted octanol–water partition coefficient (Wildman–Crippen LogP) is 2.56. The van der Waals surface area contributed by atoms with Gasteiger partial charge in [-0.1, -0.05) is 18.2 Å². The first kappa shape index (κ1) is 15.3. The van der Waals surface area contributed by atoms with Gasteiger partial charge < -0.3 is 5.11 Å². The maximum Gasteiger partial charge on any atom is 0.258 e. The van der Waals surface area contributed by atoms with Crippen molar-refractivity contribution in [2.75, 3.05) is 5.32 Å². The van der Waals surface area contributed by atoms with Gasteiger partial charge in [-0.05, 0) is 31.0 Å². The van der Waals surface area contributed by atoms with Crippen LogP contribution in [0.25, 0.3) is 0 Å². The molecule has 0 saturated carbocycles. The Morgan fingerprint density at radius 2 is 2.00 bits per heavy atom. The first-order chi connectivity index (χ1) is 12.2. The Bertz CT molecular complexity index is 907. The predicted molar refractivity (Wildman–Crippen MR) is 91.4 cm³/mol. The molecule has 25 heavy (non-hydrogen) atoms. The van der Waals surface area contributed by atoms with Crippen molar-refractivity contribution in [2.24, 2.45) is 0 Å². The van der Waals surface area contributed by atoms with Gasteiger partial charge in [-0.2, -0.15) is 4.98 Å². The van der Waals surface area contributed by atoms with Crippen LogP contribution in [0, 0.1) is 0 Å². The van der Waals surface area contributed by atoms with Gasteiger partial charge in [-0.15, -0.1) is 5.10 Å². The number of amides is 1. The Hall–Kier alpha value is -3.22. The van der Waals surface area contributed by atoms with E-state index in [1.54, 1.807) is 36.7 Å². The molecule has 2 N–H and O–H groups in total. The van der Waals surface area contributed by atoms with Crippen molar-refractivity contribution in [3.05, 3.63) is 65.7 Å². The maximum atomic E-state index is 12.3. The molecular formula is C18H17N5O2. The van der Waals surface area contributed by atoms with Crippen LogP contribution in [0.3, 0.4) is 0 Å². The van der Waals surface area contributed by atoms with Crippen LogP contribution in [-0.4, -0.2) is 30.8 Å². The van der Waals surface area contributed by atoms with Gasteiger partial charge in [-0.25, -0.2) is 4.68 Å². The number of phenolic OH excluding ortho intramolecular Hbond substituents is 1. The van der Waals surface area contributed by atoms with E-state index in [0.29, 0.717) is 5.56 Å². The third-order valence-corrected chi connectivity index (χ3v) is 4.35. The molecule has 1 atom stereocenters. The Morgan fingerprint density at radius 1 is 1.20 bits per heavy atom. The summed E-state index contributed by atoms with van der Waals surface area (Å²) in [6.07, 6.45) is 4.95. The van der Waals surface area contributed by atoms with Gasteiger partial charge in [-0.3, -0.25) is 15.1 Å². The van der Waals surface area contributed by atoms with Crippen molar-refractivity contribution < 1.29 is 9.90 Å². The van der Waals surface area contributed by atoms with Gasteiger partial charge in [0.1, 0.15) is 11.6 Å². The highest BCUT2D eigenvalue weighted by atomic mass is 16.3. The molecule has 7 nitrogen and oxygen atoms in total. The fourth-order valence-corrected chi connectivity index (χ4v) is 3.16. The van der Waals surface area contributed by atoms with Crippen molar-refractivity contribution >= 4 is 11.9 Å². The number of benzene rings is 1. The van der Waals surface area contributed by atoms with Crippen molar-refractivity contribution in [1.82, 2.24) is 19.7 Å². The van der Waals surface area contributed by atoms with Crippen LogP contribution in [0.4, 0.5) is 5.95 Å². The van der Waals surface area contributed by atoms with Crippen LogP contribution in [0.1, 0.15) is 40.5 Å². The normalized spacial score (nSPS) is 16.2. The molecule has 1 aliphatic heterocycles. The summed E-state index contributed by atoms with van der Waals surface area (Å²) < 4.78 is 1.81. The standard InChI is InChI=1S/C18H17N5O2/c24-15-6-2-1-4-13(15)14-5-3-11-23-16(14)20-18(22-23)21-17(25)12-7-9-19-10-8-12/h1-2,4,6-10,14,24H,3,5,11H2,(H,21,22,25). The number of carbonyl (C=O) groups is 1. The third kappa shape index (κ3) is 2.96. The van der Waals surface area contributed by atoms with Crippen molar-refractivity contribution in [3.63, 3.8) is 0 Å². The molecule has 0 saturated heterocycles. The maximum absolute atomic E-state index is 12.3. The van der Waals surface area contributed by atoms with Crippen molar-refractivity contribution in [2.45, 2.75) is 25.3 Å². The van der Waals surface area contributed by atoms with E-state index in [1.165, 1.54) is 0 Å². The molecule has 3 heterocycles. The lowest BCUT2D eigenvalue weighted by atomic mass is 9.90. The number of hydrogen-bond acceptors (Lipinski definition) is 5. The number of aryl methyl sites for hydroxylation is 1. The molecule has 1 aromatic carbocycles. The molecule has 4 rings (SSSR count). The molecule has 1 amide bonds. The molecule has 2 aromatic heterocycles. The van der Waals surface area contributed by atoms with Gasteiger partial charge in [0.15, 0.2) is 0 Å². The highest BCUT2D eigenvalue weighted by Crippen LogP contribution is 2.36. The number of fused-ring (bicyclic) bond motifs is 1. The Labute approximate surface area is 144 Å². The summed E-state index contributed by atoms with van der Waals surface area (Å²) in [7, 11) is 0. The Kier molecular flexibility index (Phi) is 3.89. The lowest BCUT2D eigenvalue weighted by Crippen LogP contribution is -2.18. The number of hydrogen-bond donors (Lipinski definition) is 2. The van der Waals surface area contributed by atoms with Gasteiger partial charge in [0.25, 0.3) is 5.91 Å². The third-order valence-electron chi connectivity index (χ3n) is 4.35. The topological polar surface area (TPSA) is 92.9 Å². The summed E-state index contributed by atoms with van der Waals surface area (Å²) in [5.41, 5.74) is 1.34. The second kappa shape index (κ2) is 6.35. The summed E-state index contributed by atoms with van der Waals surface area (Å²) in [5.74, 6) is 0.988. The Morgan fingerprint density at radius 3 is 2.80 bits per heavy atom. The number of phenols is 1. The van der Waals surface area contributed by atoms with E-state index in [2.05, 4.69) is 20.4 Å². The van der Waals surface area contributed by atoms with E-state index in [-0.39, 0.29) is 23.5 Å². The van der Waals surface area contributed by atoms with E-state index in [1.807, 2.05) is 16.8 Å². The van der Waals surface area contributed by atoms with Gasteiger partial charge in [0, 0.05) is 36.0 Å². The van der Waals surface area contributed by atoms with E-state index < -0.39 is 0 Å². The molecule has 3 aromatic rings. The first-order valence-corrected chi connectivity index (χ1v) is 8.16. The molecule has 0 fully saturated rings. The van der Waals surface area contributed by atoms with Crippen LogP contribution in [0.15, 0.2) is 48.8 Å². The smallest absolute Gasteiger partial charge is 0.258 e. The Balaban J connectivity index is 1.62. The van der Waals surface area contributed by atoms with Crippen molar-refractivity contribution in [1.29, 1.82) is 0 Å². The van der Waals surface area contributed by atoms with Crippen molar-refractivity contribution in [3.8, 4) is 5.75 Å². The number of nitrogens with one attached hydrogen (secondary N) is 1. The number of aromatic nitrogens is 4. The van der Waals surface area contributed by atoms with E-state index >= 15 is 0 Å². The average molecular weight is 335 g/mol. The molecule has 7 heteroatoms.